The third-order valence-corrected chi connectivity index (χ3v) is 3.03. The number of benzene rings is 1. The van der Waals surface area contributed by atoms with Crippen LogP contribution in [-0.2, 0) is 13.1 Å². The number of aromatic nitrogens is 2. The molecule has 0 saturated heterocycles. The van der Waals surface area contributed by atoms with Crippen LogP contribution in [0.15, 0.2) is 36.7 Å². The van der Waals surface area contributed by atoms with E-state index >= 15 is 0 Å². The SMILES string of the molecule is CCCn1cc(CNc2ccccc2C(C)O)cn1. The Labute approximate surface area is 114 Å². The normalized spacial score (nSPS) is 12.4. The van der Waals surface area contributed by atoms with Gasteiger partial charge in [0.25, 0.3) is 0 Å². The summed E-state index contributed by atoms with van der Waals surface area (Å²) < 4.78 is 1.96. The molecule has 0 aliphatic rings. The summed E-state index contributed by atoms with van der Waals surface area (Å²) in [5.74, 6) is 0. The Balaban J connectivity index is 2.01. The van der Waals surface area contributed by atoms with E-state index in [2.05, 4.69) is 23.5 Å². The largest absolute Gasteiger partial charge is 0.389 e. The maximum Gasteiger partial charge on any atom is 0.0781 e. The summed E-state index contributed by atoms with van der Waals surface area (Å²) in [7, 11) is 0. The molecule has 102 valence electrons. The van der Waals surface area contributed by atoms with E-state index in [0.29, 0.717) is 6.54 Å². The predicted molar refractivity (Wildman–Crippen MR) is 76.9 cm³/mol. The van der Waals surface area contributed by atoms with Gasteiger partial charge < -0.3 is 10.4 Å². The third-order valence-electron chi connectivity index (χ3n) is 3.03. The van der Waals surface area contributed by atoms with Gasteiger partial charge in [-0.15, -0.1) is 0 Å². The summed E-state index contributed by atoms with van der Waals surface area (Å²) >= 11 is 0. The van der Waals surface area contributed by atoms with Crippen LogP contribution in [0.1, 0.15) is 37.5 Å². The molecule has 4 nitrogen and oxygen atoms in total. The van der Waals surface area contributed by atoms with Crippen LogP contribution >= 0.6 is 0 Å². The molecule has 1 aromatic carbocycles. The zero-order valence-corrected chi connectivity index (χ0v) is 11.5. The van der Waals surface area contributed by atoms with Crippen LogP contribution in [-0.4, -0.2) is 14.9 Å². The molecule has 2 N–H and O–H groups in total. The average molecular weight is 259 g/mol. The van der Waals surface area contributed by atoms with Crippen LogP contribution < -0.4 is 5.32 Å². The smallest absolute Gasteiger partial charge is 0.0781 e. The number of rotatable bonds is 6. The van der Waals surface area contributed by atoms with Gasteiger partial charge in [-0.2, -0.15) is 5.10 Å². The molecule has 19 heavy (non-hydrogen) atoms. The summed E-state index contributed by atoms with van der Waals surface area (Å²) in [4.78, 5) is 0. The molecular weight excluding hydrogens is 238 g/mol. The van der Waals surface area contributed by atoms with E-state index in [9.17, 15) is 5.11 Å². The van der Waals surface area contributed by atoms with Crippen LogP contribution in [0.2, 0.25) is 0 Å². The van der Waals surface area contributed by atoms with Gasteiger partial charge in [0.2, 0.25) is 0 Å². The zero-order valence-electron chi connectivity index (χ0n) is 11.5. The van der Waals surface area contributed by atoms with E-state index in [0.717, 1.165) is 29.8 Å². The molecule has 2 rings (SSSR count). The first-order valence-electron chi connectivity index (χ1n) is 6.73. The second-order valence-electron chi connectivity index (χ2n) is 4.73. The zero-order chi connectivity index (χ0) is 13.7. The van der Waals surface area contributed by atoms with Gasteiger partial charge >= 0.3 is 0 Å². The molecule has 0 spiro atoms. The van der Waals surface area contributed by atoms with Crippen molar-refractivity contribution < 1.29 is 5.11 Å². The number of nitrogens with zero attached hydrogens (tertiary/aromatic N) is 2. The Morgan fingerprint density at radius 1 is 1.37 bits per heavy atom. The van der Waals surface area contributed by atoms with Crippen LogP contribution in [0, 0.1) is 0 Å². The fourth-order valence-corrected chi connectivity index (χ4v) is 2.07. The van der Waals surface area contributed by atoms with Crippen molar-refractivity contribution in [2.75, 3.05) is 5.32 Å². The second kappa shape index (κ2) is 6.38. The van der Waals surface area contributed by atoms with Crippen molar-refractivity contribution in [2.24, 2.45) is 0 Å². The summed E-state index contributed by atoms with van der Waals surface area (Å²) in [5, 5.41) is 17.4. The van der Waals surface area contributed by atoms with Gasteiger partial charge in [0.1, 0.15) is 0 Å². The first kappa shape index (κ1) is 13.6. The summed E-state index contributed by atoms with van der Waals surface area (Å²) in [6, 6.07) is 7.83. The minimum atomic E-state index is -0.466. The van der Waals surface area contributed by atoms with E-state index < -0.39 is 6.10 Å². The van der Waals surface area contributed by atoms with Gasteiger partial charge in [-0.05, 0) is 19.4 Å². The quantitative estimate of drug-likeness (QED) is 0.838. The summed E-state index contributed by atoms with van der Waals surface area (Å²) in [5.41, 5.74) is 3.04. The second-order valence-corrected chi connectivity index (χ2v) is 4.73. The van der Waals surface area contributed by atoms with Crippen molar-refractivity contribution in [1.82, 2.24) is 9.78 Å². The molecule has 0 radical (unpaired) electrons. The fraction of sp³-hybridized carbons (Fsp3) is 0.400. The summed E-state index contributed by atoms with van der Waals surface area (Å²) in [6.45, 7) is 5.58. The third kappa shape index (κ3) is 3.58. The lowest BCUT2D eigenvalue weighted by atomic mass is 10.1. The molecule has 0 fully saturated rings. The molecule has 0 aliphatic heterocycles. The Hall–Kier alpha value is -1.81. The molecule has 0 bridgehead atoms. The number of aryl methyl sites for hydroxylation is 1. The van der Waals surface area contributed by atoms with Crippen molar-refractivity contribution in [2.45, 2.75) is 39.5 Å². The number of hydrogen-bond acceptors (Lipinski definition) is 3. The van der Waals surface area contributed by atoms with E-state index in [1.54, 1.807) is 6.92 Å². The molecule has 1 aromatic heterocycles. The maximum absolute atomic E-state index is 9.72. The standard InChI is InChI=1S/C15H21N3O/c1-3-8-18-11-13(10-17-18)9-16-15-7-5-4-6-14(15)12(2)19/h4-7,10-12,16,19H,3,8-9H2,1-2H3. The van der Waals surface area contributed by atoms with E-state index in [1.807, 2.05) is 35.1 Å². The van der Waals surface area contributed by atoms with Gasteiger partial charge in [0, 0.05) is 36.1 Å². The van der Waals surface area contributed by atoms with Crippen LogP contribution in [0.25, 0.3) is 0 Å². The Kier molecular flexibility index (Phi) is 4.58. The number of hydrogen-bond donors (Lipinski definition) is 2. The first-order valence-corrected chi connectivity index (χ1v) is 6.73. The van der Waals surface area contributed by atoms with E-state index in [1.165, 1.54) is 0 Å². The number of aliphatic hydroxyl groups is 1. The topological polar surface area (TPSA) is 50.1 Å². The number of anilines is 1. The molecule has 0 amide bonds. The fourth-order valence-electron chi connectivity index (χ4n) is 2.07. The lowest BCUT2D eigenvalue weighted by Gasteiger charge is -2.13. The highest BCUT2D eigenvalue weighted by atomic mass is 16.3. The van der Waals surface area contributed by atoms with Gasteiger partial charge in [-0.1, -0.05) is 25.1 Å². The predicted octanol–water partition coefficient (Wildman–Crippen LogP) is 2.96. The minimum Gasteiger partial charge on any atom is -0.389 e. The number of para-hydroxylation sites is 1. The van der Waals surface area contributed by atoms with Crippen LogP contribution in [0.5, 0.6) is 0 Å². The van der Waals surface area contributed by atoms with Crippen LogP contribution in [0.3, 0.4) is 0 Å². The highest BCUT2D eigenvalue weighted by Crippen LogP contribution is 2.22. The first-order chi connectivity index (χ1) is 9.20. The average Bonchev–Trinajstić information content (AvgIpc) is 2.85. The van der Waals surface area contributed by atoms with Crippen molar-refractivity contribution in [3.05, 3.63) is 47.8 Å². The van der Waals surface area contributed by atoms with Gasteiger partial charge in [0.15, 0.2) is 0 Å². The van der Waals surface area contributed by atoms with E-state index in [-0.39, 0.29) is 0 Å². The Morgan fingerprint density at radius 2 is 2.16 bits per heavy atom. The minimum absolute atomic E-state index is 0.466. The van der Waals surface area contributed by atoms with Crippen molar-refractivity contribution >= 4 is 5.69 Å². The number of nitrogens with one attached hydrogen (secondary N) is 1. The highest BCUT2D eigenvalue weighted by Gasteiger charge is 2.07. The highest BCUT2D eigenvalue weighted by molar-refractivity contribution is 5.52. The lowest BCUT2D eigenvalue weighted by molar-refractivity contribution is 0.200. The molecule has 2 aromatic rings. The van der Waals surface area contributed by atoms with Crippen molar-refractivity contribution in [3.63, 3.8) is 0 Å². The number of aliphatic hydroxyl groups excluding tert-OH is 1. The Morgan fingerprint density at radius 3 is 2.89 bits per heavy atom. The van der Waals surface area contributed by atoms with Gasteiger partial charge in [-0.3, -0.25) is 4.68 Å². The van der Waals surface area contributed by atoms with Gasteiger partial charge in [-0.25, -0.2) is 0 Å². The van der Waals surface area contributed by atoms with Crippen molar-refractivity contribution in [1.29, 1.82) is 0 Å². The van der Waals surface area contributed by atoms with Gasteiger partial charge in [0.05, 0.1) is 12.3 Å². The molecule has 1 heterocycles. The summed E-state index contributed by atoms with van der Waals surface area (Å²) in [6.07, 6.45) is 4.56. The molecule has 4 heteroatoms. The lowest BCUT2D eigenvalue weighted by Crippen LogP contribution is -2.03. The molecular formula is C15H21N3O. The molecule has 0 aliphatic carbocycles. The monoisotopic (exact) mass is 259 g/mol. The van der Waals surface area contributed by atoms with E-state index in [4.69, 9.17) is 0 Å². The molecule has 0 saturated carbocycles. The molecule has 1 atom stereocenters. The van der Waals surface area contributed by atoms with Crippen LogP contribution in [0.4, 0.5) is 5.69 Å². The maximum atomic E-state index is 9.72. The molecule has 1 unspecified atom stereocenters. The Bertz CT molecular complexity index is 520. The van der Waals surface area contributed by atoms with Crippen molar-refractivity contribution in [3.8, 4) is 0 Å².